The number of hydrogen-bond acceptors (Lipinski definition) is 8. The number of aliphatic carboxylic acids is 1. The molecule has 2 aliphatic rings. The van der Waals surface area contributed by atoms with Crippen molar-refractivity contribution in [2.75, 3.05) is 25.5 Å². The summed E-state index contributed by atoms with van der Waals surface area (Å²) < 4.78 is 6.87. The molecule has 3 aromatic heterocycles. The fourth-order valence-electron chi connectivity index (χ4n) is 6.09. The van der Waals surface area contributed by atoms with Crippen molar-refractivity contribution >= 4 is 51.4 Å². The summed E-state index contributed by atoms with van der Waals surface area (Å²) in [4.78, 5) is 32.3. The highest BCUT2D eigenvalue weighted by Gasteiger charge is 2.22. The first kappa shape index (κ1) is 32.4. The van der Waals surface area contributed by atoms with Crippen molar-refractivity contribution in [2.45, 2.75) is 32.1 Å². The predicted octanol–water partition coefficient (Wildman–Crippen LogP) is 6.68. The van der Waals surface area contributed by atoms with Crippen LogP contribution < -0.4 is 20.9 Å². The number of nitrogens with zero attached hydrogens (tertiary/aromatic N) is 4. The number of carboxylic acids is 1. The smallest absolute Gasteiger partial charge is 0.306 e. The van der Waals surface area contributed by atoms with E-state index in [4.69, 9.17) is 38.0 Å². The number of piperidine rings is 1. The quantitative estimate of drug-likeness (QED) is 0.181. The average Bonchev–Trinajstić information content (AvgIpc) is 3.57. The third kappa shape index (κ3) is 6.67. The summed E-state index contributed by atoms with van der Waals surface area (Å²) in [6.07, 6.45) is 7.90. The van der Waals surface area contributed by atoms with Crippen LogP contribution in [-0.4, -0.2) is 51.0 Å². The SMILES string of the molecule is COc1nc(-c2cccc(-c3cccc(Nc4nccc5cnn(C)c(=O)c45)c3Cl)c2Cl)cc2c1CCC2.O=C(O)C1CCNCC1. The van der Waals surface area contributed by atoms with E-state index in [1.807, 2.05) is 36.4 Å². The highest BCUT2D eigenvalue weighted by Crippen LogP contribution is 2.43. The fourth-order valence-corrected chi connectivity index (χ4v) is 6.69. The van der Waals surface area contributed by atoms with Gasteiger partial charge in [0.25, 0.3) is 5.56 Å². The number of halogens is 2. The van der Waals surface area contributed by atoms with Crippen LogP contribution >= 0.6 is 23.2 Å². The summed E-state index contributed by atoms with van der Waals surface area (Å²) >= 11 is 13.9. The van der Waals surface area contributed by atoms with E-state index in [-0.39, 0.29) is 11.5 Å². The molecule has 0 atom stereocenters. The van der Waals surface area contributed by atoms with E-state index < -0.39 is 5.97 Å². The Hall–Kier alpha value is -4.51. The highest BCUT2D eigenvalue weighted by molar-refractivity contribution is 6.39. The zero-order valence-electron chi connectivity index (χ0n) is 26.0. The lowest BCUT2D eigenvalue weighted by atomic mass is 9.99. The molecule has 7 rings (SSSR count). The second-order valence-electron chi connectivity index (χ2n) is 11.5. The van der Waals surface area contributed by atoms with Gasteiger partial charge >= 0.3 is 5.97 Å². The lowest BCUT2D eigenvalue weighted by molar-refractivity contribution is -0.142. The standard InChI is InChI=1S/C29H23Cl2N5O2.C6H11NO2/c1-36-29(37)24-17(15-33-36)12-13-32-27(24)34-22-11-5-9-20(26(22)31)19-8-4-10-21(25(19)30)23-14-16-6-3-7-18(16)28(35-23)38-2;8-6(9)5-1-3-7-4-2-5/h4-5,8-15H,3,6-7H2,1-2H3,(H,32,34);5,7H,1-4H2,(H,8,9). The van der Waals surface area contributed by atoms with Crippen molar-refractivity contribution in [2.24, 2.45) is 13.0 Å². The predicted molar refractivity (Wildman–Crippen MR) is 185 cm³/mol. The molecule has 1 saturated heterocycles. The number of fused-ring (bicyclic) bond motifs is 2. The molecule has 3 N–H and O–H groups in total. The lowest BCUT2D eigenvalue weighted by Gasteiger charge is -2.17. The van der Waals surface area contributed by atoms with Gasteiger partial charge in [-0.25, -0.2) is 14.6 Å². The van der Waals surface area contributed by atoms with Gasteiger partial charge in [-0.2, -0.15) is 5.10 Å². The van der Waals surface area contributed by atoms with Crippen molar-refractivity contribution in [3.05, 3.63) is 92.5 Å². The van der Waals surface area contributed by atoms with Gasteiger partial charge in [0, 0.05) is 40.9 Å². The summed E-state index contributed by atoms with van der Waals surface area (Å²) in [7, 11) is 3.25. The summed E-state index contributed by atoms with van der Waals surface area (Å²) in [6.45, 7) is 1.72. The topological polar surface area (TPSA) is 131 Å². The first-order valence-electron chi connectivity index (χ1n) is 15.4. The van der Waals surface area contributed by atoms with Crippen LogP contribution in [0.1, 0.15) is 30.4 Å². The van der Waals surface area contributed by atoms with E-state index in [9.17, 15) is 9.59 Å². The average molecular weight is 674 g/mol. The van der Waals surface area contributed by atoms with E-state index in [2.05, 4.69) is 26.8 Å². The normalized spacial score (nSPS) is 14.3. The number of pyridine rings is 2. The maximum atomic E-state index is 12.8. The Morgan fingerprint density at radius 1 is 1.04 bits per heavy atom. The molecule has 5 aromatic rings. The van der Waals surface area contributed by atoms with Gasteiger partial charge in [-0.15, -0.1) is 0 Å². The Bertz CT molecular complexity index is 2030. The minimum Gasteiger partial charge on any atom is -0.481 e. The van der Waals surface area contributed by atoms with Gasteiger partial charge in [0.2, 0.25) is 5.88 Å². The molecule has 0 amide bonds. The van der Waals surface area contributed by atoms with Gasteiger partial charge < -0.3 is 20.5 Å². The Balaban J connectivity index is 0.000000373. The zero-order chi connectivity index (χ0) is 33.1. The van der Waals surface area contributed by atoms with Gasteiger partial charge in [-0.1, -0.05) is 53.5 Å². The molecule has 4 heterocycles. The highest BCUT2D eigenvalue weighted by atomic mass is 35.5. The van der Waals surface area contributed by atoms with Crippen LogP contribution in [0, 0.1) is 5.92 Å². The molecule has 0 unspecified atom stereocenters. The fraction of sp³-hybridized carbons (Fsp3) is 0.286. The molecule has 1 fully saturated rings. The molecular formula is C35H34Cl2N6O4. The van der Waals surface area contributed by atoms with Crippen LogP contribution in [0.5, 0.6) is 5.88 Å². The van der Waals surface area contributed by atoms with Crippen LogP contribution in [0.25, 0.3) is 33.2 Å². The first-order valence-corrected chi connectivity index (χ1v) is 16.2. The van der Waals surface area contributed by atoms with E-state index in [0.717, 1.165) is 67.6 Å². The molecule has 1 aliphatic carbocycles. The molecular weight excluding hydrogens is 639 g/mol. The molecule has 1 aliphatic heterocycles. The maximum absolute atomic E-state index is 12.8. The van der Waals surface area contributed by atoms with Crippen molar-refractivity contribution < 1.29 is 14.6 Å². The number of hydrogen-bond donors (Lipinski definition) is 3. The molecule has 242 valence electrons. The molecule has 10 nitrogen and oxygen atoms in total. The number of ether oxygens (including phenoxy) is 1. The van der Waals surface area contributed by atoms with Crippen LogP contribution in [0.3, 0.4) is 0 Å². The minimum atomic E-state index is -0.642. The third-order valence-corrected chi connectivity index (χ3v) is 9.43. The second kappa shape index (κ2) is 14.1. The van der Waals surface area contributed by atoms with Gasteiger partial charge in [0.05, 0.1) is 46.0 Å². The molecule has 2 aromatic carbocycles. The van der Waals surface area contributed by atoms with Crippen LogP contribution in [0.15, 0.2) is 65.7 Å². The molecule has 12 heteroatoms. The number of aromatic nitrogens is 4. The monoisotopic (exact) mass is 672 g/mol. The van der Waals surface area contributed by atoms with Crippen molar-refractivity contribution in [1.82, 2.24) is 25.1 Å². The van der Waals surface area contributed by atoms with Crippen molar-refractivity contribution in [3.63, 3.8) is 0 Å². The molecule has 0 radical (unpaired) electrons. The Kier molecular flexibility index (Phi) is 9.72. The second-order valence-corrected chi connectivity index (χ2v) is 12.3. The Labute approximate surface area is 281 Å². The van der Waals surface area contributed by atoms with Crippen LogP contribution in [0.4, 0.5) is 11.5 Å². The summed E-state index contributed by atoms with van der Waals surface area (Å²) in [6, 6.07) is 15.3. The van der Waals surface area contributed by atoms with Crippen molar-refractivity contribution in [1.29, 1.82) is 0 Å². The van der Waals surface area contributed by atoms with Crippen LogP contribution in [0.2, 0.25) is 10.0 Å². The van der Waals surface area contributed by atoms with Gasteiger partial charge in [-0.3, -0.25) is 9.59 Å². The number of carboxylic acid groups (broad SMARTS) is 1. The van der Waals surface area contributed by atoms with E-state index in [0.29, 0.717) is 38.2 Å². The molecule has 0 spiro atoms. The largest absolute Gasteiger partial charge is 0.481 e. The number of aryl methyl sites for hydroxylation is 2. The zero-order valence-corrected chi connectivity index (χ0v) is 27.5. The molecule has 0 bridgehead atoms. The van der Waals surface area contributed by atoms with Crippen LogP contribution in [-0.2, 0) is 24.7 Å². The van der Waals surface area contributed by atoms with Gasteiger partial charge in [-0.05, 0) is 69.0 Å². The number of anilines is 2. The number of benzene rings is 2. The number of rotatable bonds is 6. The summed E-state index contributed by atoms with van der Waals surface area (Å²) in [5.41, 5.74) is 5.86. The first-order chi connectivity index (χ1) is 22.8. The number of nitrogens with one attached hydrogen (secondary N) is 2. The van der Waals surface area contributed by atoms with Crippen molar-refractivity contribution in [3.8, 4) is 28.3 Å². The summed E-state index contributed by atoms with van der Waals surface area (Å²) in [5, 5.41) is 21.1. The van der Waals surface area contributed by atoms with Gasteiger partial charge in [0.1, 0.15) is 5.82 Å². The minimum absolute atomic E-state index is 0.0914. The lowest BCUT2D eigenvalue weighted by Crippen LogP contribution is -2.31. The Morgan fingerprint density at radius 3 is 2.49 bits per heavy atom. The van der Waals surface area contributed by atoms with E-state index in [1.54, 1.807) is 32.6 Å². The number of carbonyl (C=O) groups is 1. The molecule has 47 heavy (non-hydrogen) atoms. The number of methoxy groups -OCH3 is 1. The van der Waals surface area contributed by atoms with E-state index >= 15 is 0 Å². The molecule has 0 saturated carbocycles. The maximum Gasteiger partial charge on any atom is 0.306 e. The van der Waals surface area contributed by atoms with E-state index in [1.165, 1.54) is 15.8 Å². The third-order valence-electron chi connectivity index (χ3n) is 8.61. The summed E-state index contributed by atoms with van der Waals surface area (Å²) in [5.74, 6) is 0.325. The Morgan fingerprint density at radius 2 is 1.77 bits per heavy atom. The van der Waals surface area contributed by atoms with Gasteiger partial charge in [0.15, 0.2) is 0 Å².